The van der Waals surface area contributed by atoms with Crippen LogP contribution in [-0.2, 0) is 14.4 Å². The van der Waals surface area contributed by atoms with E-state index in [1.807, 2.05) is 26.0 Å². The molecule has 5 heteroatoms. The fourth-order valence-electron chi connectivity index (χ4n) is 10.3. The van der Waals surface area contributed by atoms with Crippen LogP contribution < -0.4 is 5.73 Å². The van der Waals surface area contributed by atoms with Crippen molar-refractivity contribution in [3.05, 3.63) is 23.4 Å². The van der Waals surface area contributed by atoms with Crippen LogP contribution in [0.3, 0.4) is 0 Å². The van der Waals surface area contributed by atoms with Crippen LogP contribution in [0.5, 0.6) is 0 Å². The van der Waals surface area contributed by atoms with Crippen LogP contribution >= 0.6 is 0 Å². The van der Waals surface area contributed by atoms with E-state index in [0.717, 1.165) is 50.5 Å². The number of allylic oxidation sites excluding steroid dienone is 4. The molecule has 0 spiro atoms. The van der Waals surface area contributed by atoms with Gasteiger partial charge in [-0.2, -0.15) is 0 Å². The number of hydrogen-bond acceptors (Lipinski definition) is 4. The van der Waals surface area contributed by atoms with Gasteiger partial charge >= 0.3 is 5.97 Å². The van der Waals surface area contributed by atoms with Crippen LogP contribution in [-0.4, -0.2) is 22.6 Å². The van der Waals surface area contributed by atoms with E-state index >= 15 is 0 Å². The summed E-state index contributed by atoms with van der Waals surface area (Å²) in [6, 6.07) is 0. The summed E-state index contributed by atoms with van der Waals surface area (Å²) in [6.45, 7) is 15.5. The van der Waals surface area contributed by atoms with Crippen molar-refractivity contribution in [1.82, 2.24) is 0 Å². The van der Waals surface area contributed by atoms with E-state index in [9.17, 15) is 19.5 Å². The van der Waals surface area contributed by atoms with E-state index in [1.165, 1.54) is 0 Å². The SMILES string of the molecule is CC1(C)CC[C@]2(CC(=O)O)CC[C@]3(C)C(C(=O)C=C4[C@@]5(C)C=C(N)C(=O)C(C)(C)C5CC[C@]43C)C2C1. The van der Waals surface area contributed by atoms with Crippen LogP contribution in [0.15, 0.2) is 23.4 Å². The second-order valence-corrected chi connectivity index (χ2v) is 15.1. The van der Waals surface area contributed by atoms with Crippen molar-refractivity contribution in [2.45, 2.75) is 99.8 Å². The van der Waals surface area contributed by atoms with E-state index in [4.69, 9.17) is 5.73 Å². The lowest BCUT2D eigenvalue weighted by Gasteiger charge is -2.69. The molecule has 0 saturated heterocycles. The minimum absolute atomic E-state index is 0.0148. The Balaban J connectivity index is 1.68. The zero-order valence-corrected chi connectivity index (χ0v) is 23.3. The first-order valence-electron chi connectivity index (χ1n) is 14.0. The summed E-state index contributed by atoms with van der Waals surface area (Å²) < 4.78 is 0. The molecule has 5 nitrogen and oxygen atoms in total. The number of ketones is 2. The highest BCUT2D eigenvalue weighted by molar-refractivity contribution is 6.01. The molecule has 3 fully saturated rings. The highest BCUT2D eigenvalue weighted by Gasteiger charge is 2.69. The van der Waals surface area contributed by atoms with Crippen LogP contribution in [0.4, 0.5) is 0 Å². The van der Waals surface area contributed by atoms with E-state index in [1.54, 1.807) is 0 Å². The molecular formula is C31H45NO4. The summed E-state index contributed by atoms with van der Waals surface area (Å²) >= 11 is 0. The summed E-state index contributed by atoms with van der Waals surface area (Å²) in [6.07, 6.45) is 10.5. The number of carbonyl (C=O) groups is 3. The van der Waals surface area contributed by atoms with E-state index in [0.29, 0.717) is 5.70 Å². The number of rotatable bonds is 2. The summed E-state index contributed by atoms with van der Waals surface area (Å²) in [5.74, 6) is -0.545. The number of carboxylic acid groups (broad SMARTS) is 1. The first kappa shape index (κ1) is 25.7. The Morgan fingerprint density at radius 1 is 1.00 bits per heavy atom. The molecule has 5 aliphatic rings. The van der Waals surface area contributed by atoms with Gasteiger partial charge in [-0.15, -0.1) is 0 Å². The third-order valence-electron chi connectivity index (χ3n) is 12.5. The maximum Gasteiger partial charge on any atom is 0.303 e. The molecule has 3 N–H and O–H groups in total. The molecule has 0 aromatic carbocycles. The number of fused-ring (bicyclic) bond motifs is 7. The maximum atomic E-state index is 14.3. The molecule has 0 aromatic rings. The predicted molar refractivity (Wildman–Crippen MR) is 140 cm³/mol. The van der Waals surface area contributed by atoms with Crippen molar-refractivity contribution in [3.8, 4) is 0 Å². The lowest BCUT2D eigenvalue weighted by Crippen LogP contribution is -2.65. The van der Waals surface area contributed by atoms with Crippen molar-refractivity contribution in [3.63, 3.8) is 0 Å². The lowest BCUT2D eigenvalue weighted by atomic mass is 9.34. The topological polar surface area (TPSA) is 97.5 Å². The van der Waals surface area contributed by atoms with Crippen LogP contribution in [0, 0.1) is 50.2 Å². The Morgan fingerprint density at radius 2 is 1.64 bits per heavy atom. The molecule has 0 heterocycles. The summed E-state index contributed by atoms with van der Waals surface area (Å²) in [7, 11) is 0. The van der Waals surface area contributed by atoms with Gasteiger partial charge in [-0.05, 0) is 90.6 Å². The highest BCUT2D eigenvalue weighted by Crippen LogP contribution is 2.74. The van der Waals surface area contributed by atoms with Gasteiger partial charge in [0.1, 0.15) is 0 Å². The lowest BCUT2D eigenvalue weighted by molar-refractivity contribution is -0.178. The van der Waals surface area contributed by atoms with Gasteiger partial charge in [-0.1, -0.05) is 54.0 Å². The van der Waals surface area contributed by atoms with E-state index < -0.39 is 16.8 Å². The minimum atomic E-state index is -0.739. The number of carboxylic acids is 1. The first-order valence-corrected chi connectivity index (χ1v) is 14.0. The fourth-order valence-corrected chi connectivity index (χ4v) is 10.3. The van der Waals surface area contributed by atoms with Gasteiger partial charge in [0, 0.05) is 16.7 Å². The van der Waals surface area contributed by atoms with Crippen molar-refractivity contribution in [2.24, 2.45) is 56.0 Å². The molecular weight excluding hydrogens is 450 g/mol. The Kier molecular flexibility index (Phi) is 5.25. The molecule has 0 bridgehead atoms. The van der Waals surface area contributed by atoms with Crippen LogP contribution in [0.1, 0.15) is 99.8 Å². The molecule has 3 unspecified atom stereocenters. The van der Waals surface area contributed by atoms with Gasteiger partial charge in [0.25, 0.3) is 0 Å². The van der Waals surface area contributed by atoms with Crippen LogP contribution in [0.2, 0.25) is 0 Å². The predicted octanol–water partition coefficient (Wildman–Crippen LogP) is 6.07. The molecule has 3 saturated carbocycles. The molecule has 0 aliphatic heterocycles. The Morgan fingerprint density at radius 3 is 2.28 bits per heavy atom. The Bertz CT molecular complexity index is 1110. The monoisotopic (exact) mass is 495 g/mol. The van der Waals surface area contributed by atoms with Gasteiger partial charge in [-0.25, -0.2) is 0 Å². The van der Waals surface area contributed by atoms with Crippen molar-refractivity contribution in [2.75, 3.05) is 0 Å². The second kappa shape index (κ2) is 7.35. The molecule has 0 radical (unpaired) electrons. The third-order valence-corrected chi connectivity index (χ3v) is 12.5. The molecule has 5 rings (SSSR count). The molecule has 0 amide bonds. The standard InChI is InChI=1S/C31H45NO4/c1-26(2)10-12-31(17-23(34)35)13-11-30(7)24(18(31)15-26)20(33)14-22-28(5)16-19(32)25(36)27(3,4)21(28)8-9-29(22,30)6/h14,16,18,21,24H,8-13,15,17,32H2,1-7H3,(H,34,35)/t18?,21?,24?,28-,29+,30+,31+/m0/s1. The summed E-state index contributed by atoms with van der Waals surface area (Å²) in [4.78, 5) is 39.4. The zero-order valence-electron chi connectivity index (χ0n) is 23.3. The summed E-state index contributed by atoms with van der Waals surface area (Å²) in [5, 5.41) is 9.91. The normalized spacial score (nSPS) is 46.9. The van der Waals surface area contributed by atoms with Crippen molar-refractivity contribution >= 4 is 17.5 Å². The average Bonchev–Trinajstić information content (AvgIpc) is 2.74. The average molecular weight is 496 g/mol. The van der Waals surface area contributed by atoms with E-state index in [2.05, 4.69) is 34.6 Å². The number of hydrogen-bond donors (Lipinski definition) is 2. The van der Waals surface area contributed by atoms with Gasteiger partial charge in [0.05, 0.1) is 12.1 Å². The largest absolute Gasteiger partial charge is 0.481 e. The van der Waals surface area contributed by atoms with Crippen molar-refractivity contribution < 1.29 is 19.5 Å². The Hall–Kier alpha value is -1.91. The molecule has 5 aliphatic carbocycles. The zero-order chi connectivity index (χ0) is 26.7. The minimum Gasteiger partial charge on any atom is -0.481 e. The summed E-state index contributed by atoms with van der Waals surface area (Å²) in [5.41, 5.74) is 6.13. The molecule has 198 valence electrons. The van der Waals surface area contributed by atoms with Crippen molar-refractivity contribution in [1.29, 1.82) is 0 Å². The van der Waals surface area contributed by atoms with Crippen LogP contribution in [0.25, 0.3) is 0 Å². The number of Topliss-reactive ketones (excluding diaryl/α,β-unsaturated/α-hetero) is 1. The van der Waals surface area contributed by atoms with Gasteiger partial charge in [-0.3, -0.25) is 14.4 Å². The third kappa shape index (κ3) is 3.10. The number of aliphatic carboxylic acids is 1. The van der Waals surface area contributed by atoms with E-state index in [-0.39, 0.29) is 57.4 Å². The molecule has 36 heavy (non-hydrogen) atoms. The molecule has 0 aromatic heterocycles. The first-order chi connectivity index (χ1) is 16.4. The Labute approximate surface area is 216 Å². The highest BCUT2D eigenvalue weighted by atomic mass is 16.4. The van der Waals surface area contributed by atoms with Gasteiger partial charge in [0.15, 0.2) is 11.6 Å². The maximum absolute atomic E-state index is 14.3. The number of nitrogens with two attached hydrogens (primary N) is 1. The van der Waals surface area contributed by atoms with Gasteiger partial charge in [0.2, 0.25) is 0 Å². The fraction of sp³-hybridized carbons (Fsp3) is 0.774. The quantitative estimate of drug-likeness (QED) is 0.484. The number of carbonyl (C=O) groups excluding carboxylic acids is 2. The molecule has 7 atom stereocenters. The second-order valence-electron chi connectivity index (χ2n) is 15.1. The van der Waals surface area contributed by atoms with Gasteiger partial charge < -0.3 is 10.8 Å². The smallest absolute Gasteiger partial charge is 0.303 e.